The maximum atomic E-state index is 5.97. The predicted molar refractivity (Wildman–Crippen MR) is 62.3 cm³/mol. The molecule has 14 heavy (non-hydrogen) atoms. The molecule has 1 rings (SSSR count). The van der Waals surface area contributed by atoms with Gasteiger partial charge in [-0.25, -0.2) is 4.98 Å². The van der Waals surface area contributed by atoms with E-state index < -0.39 is 0 Å². The van der Waals surface area contributed by atoms with Gasteiger partial charge in [0.2, 0.25) is 0 Å². The van der Waals surface area contributed by atoms with Crippen LogP contribution in [-0.4, -0.2) is 16.9 Å². The van der Waals surface area contributed by atoms with E-state index in [1.165, 1.54) is 0 Å². The van der Waals surface area contributed by atoms with Crippen LogP contribution >= 0.6 is 23.2 Å². The van der Waals surface area contributed by atoms with Crippen molar-refractivity contribution in [2.45, 2.75) is 25.8 Å². The fourth-order valence-corrected chi connectivity index (χ4v) is 1.63. The fourth-order valence-electron chi connectivity index (χ4n) is 1.20. The lowest BCUT2D eigenvalue weighted by Crippen LogP contribution is -2.19. The Morgan fingerprint density at radius 1 is 1.57 bits per heavy atom. The third kappa shape index (κ3) is 3.35. The number of alkyl halides is 1. The van der Waals surface area contributed by atoms with E-state index >= 15 is 0 Å². The highest BCUT2D eigenvalue weighted by Crippen LogP contribution is 2.19. The Hall–Kier alpha value is -0.470. The topological polar surface area (TPSA) is 24.9 Å². The molecule has 2 nitrogen and oxygen atoms in total. The molecule has 0 fully saturated rings. The lowest BCUT2D eigenvalue weighted by molar-refractivity contribution is 0.672. The summed E-state index contributed by atoms with van der Waals surface area (Å²) >= 11 is 11.7. The van der Waals surface area contributed by atoms with E-state index in [1.807, 2.05) is 12.1 Å². The number of nitrogens with zero attached hydrogens (tertiary/aromatic N) is 1. The molecule has 1 aromatic heterocycles. The van der Waals surface area contributed by atoms with Crippen LogP contribution in [0.3, 0.4) is 0 Å². The smallest absolute Gasteiger partial charge is 0.144 e. The molecule has 4 heteroatoms. The van der Waals surface area contributed by atoms with Crippen LogP contribution in [0.25, 0.3) is 0 Å². The molecule has 0 aromatic carbocycles. The van der Waals surface area contributed by atoms with Crippen LogP contribution in [0.15, 0.2) is 18.3 Å². The van der Waals surface area contributed by atoms with Gasteiger partial charge in [-0.05, 0) is 25.0 Å². The van der Waals surface area contributed by atoms with Crippen molar-refractivity contribution in [3.05, 3.63) is 23.4 Å². The SMILES string of the molecule is CCC(CCCl)Nc1ncccc1Cl. The highest BCUT2D eigenvalue weighted by molar-refractivity contribution is 6.32. The van der Waals surface area contributed by atoms with Crippen molar-refractivity contribution in [1.29, 1.82) is 0 Å². The Morgan fingerprint density at radius 2 is 2.36 bits per heavy atom. The van der Waals surface area contributed by atoms with Crippen molar-refractivity contribution in [2.24, 2.45) is 0 Å². The van der Waals surface area contributed by atoms with E-state index in [0.717, 1.165) is 18.7 Å². The van der Waals surface area contributed by atoms with E-state index in [1.54, 1.807) is 6.20 Å². The second-order valence-electron chi connectivity index (χ2n) is 3.06. The minimum absolute atomic E-state index is 0.347. The van der Waals surface area contributed by atoms with Gasteiger partial charge in [-0.15, -0.1) is 11.6 Å². The first-order chi connectivity index (χ1) is 6.77. The summed E-state index contributed by atoms with van der Waals surface area (Å²) < 4.78 is 0. The van der Waals surface area contributed by atoms with Crippen LogP contribution in [0, 0.1) is 0 Å². The third-order valence-electron chi connectivity index (χ3n) is 2.05. The average Bonchev–Trinajstić information content (AvgIpc) is 2.20. The van der Waals surface area contributed by atoms with E-state index in [-0.39, 0.29) is 0 Å². The highest BCUT2D eigenvalue weighted by Gasteiger charge is 2.07. The molecule has 0 spiro atoms. The molecule has 0 saturated heterocycles. The zero-order valence-corrected chi connectivity index (χ0v) is 9.65. The van der Waals surface area contributed by atoms with Gasteiger partial charge in [0.05, 0.1) is 5.02 Å². The second kappa shape index (κ2) is 6.10. The molecule has 0 aliphatic heterocycles. The lowest BCUT2D eigenvalue weighted by Gasteiger charge is -2.16. The number of hydrogen-bond acceptors (Lipinski definition) is 2. The Morgan fingerprint density at radius 3 is 2.93 bits per heavy atom. The van der Waals surface area contributed by atoms with E-state index in [2.05, 4.69) is 17.2 Å². The number of halogens is 2. The molecule has 0 radical (unpaired) electrons. The largest absolute Gasteiger partial charge is 0.366 e. The van der Waals surface area contributed by atoms with Gasteiger partial charge in [-0.1, -0.05) is 18.5 Å². The molecule has 0 amide bonds. The zero-order chi connectivity index (χ0) is 10.4. The Balaban J connectivity index is 2.62. The van der Waals surface area contributed by atoms with Crippen LogP contribution in [0.2, 0.25) is 5.02 Å². The summed E-state index contributed by atoms with van der Waals surface area (Å²) in [5, 5.41) is 3.92. The van der Waals surface area contributed by atoms with Crippen LogP contribution < -0.4 is 5.32 Å². The molecule has 1 heterocycles. The van der Waals surface area contributed by atoms with Gasteiger partial charge < -0.3 is 5.32 Å². The Labute approximate surface area is 94.6 Å². The van der Waals surface area contributed by atoms with Crippen molar-refractivity contribution in [3.63, 3.8) is 0 Å². The zero-order valence-electron chi connectivity index (χ0n) is 8.13. The van der Waals surface area contributed by atoms with Crippen molar-refractivity contribution >= 4 is 29.0 Å². The molecule has 1 unspecified atom stereocenters. The summed E-state index contributed by atoms with van der Waals surface area (Å²) in [6.45, 7) is 2.11. The van der Waals surface area contributed by atoms with Gasteiger partial charge in [-0.3, -0.25) is 0 Å². The van der Waals surface area contributed by atoms with Gasteiger partial charge >= 0.3 is 0 Å². The van der Waals surface area contributed by atoms with E-state index in [0.29, 0.717) is 16.9 Å². The molecule has 1 atom stereocenters. The normalized spacial score (nSPS) is 12.5. The van der Waals surface area contributed by atoms with Gasteiger partial charge in [0.25, 0.3) is 0 Å². The number of hydrogen-bond donors (Lipinski definition) is 1. The number of nitrogens with one attached hydrogen (secondary N) is 1. The summed E-state index contributed by atoms with van der Waals surface area (Å²) in [5.41, 5.74) is 0. The molecule has 0 aliphatic rings. The van der Waals surface area contributed by atoms with Gasteiger partial charge in [-0.2, -0.15) is 0 Å². The molecule has 0 bridgehead atoms. The quantitative estimate of drug-likeness (QED) is 0.786. The third-order valence-corrected chi connectivity index (χ3v) is 2.57. The summed E-state index contributed by atoms with van der Waals surface area (Å²) in [7, 11) is 0. The summed E-state index contributed by atoms with van der Waals surface area (Å²) in [5.74, 6) is 1.39. The second-order valence-corrected chi connectivity index (χ2v) is 3.85. The number of pyridine rings is 1. The Bertz CT molecular complexity index is 279. The first-order valence-electron chi connectivity index (χ1n) is 4.71. The molecule has 1 N–H and O–H groups in total. The average molecular weight is 233 g/mol. The first-order valence-corrected chi connectivity index (χ1v) is 5.62. The van der Waals surface area contributed by atoms with Crippen molar-refractivity contribution in [3.8, 4) is 0 Å². The fraction of sp³-hybridized carbons (Fsp3) is 0.500. The van der Waals surface area contributed by atoms with Gasteiger partial charge in [0.1, 0.15) is 5.82 Å². The highest BCUT2D eigenvalue weighted by atomic mass is 35.5. The molecule has 0 aliphatic carbocycles. The molecule has 78 valence electrons. The molecular weight excluding hydrogens is 219 g/mol. The first kappa shape index (κ1) is 11.6. The van der Waals surface area contributed by atoms with E-state index in [9.17, 15) is 0 Å². The molecule has 1 aromatic rings. The predicted octanol–water partition coefficient (Wildman–Crippen LogP) is 3.55. The lowest BCUT2D eigenvalue weighted by atomic mass is 10.2. The summed E-state index contributed by atoms with van der Waals surface area (Å²) in [4.78, 5) is 4.16. The Kier molecular flexibility index (Phi) is 5.05. The monoisotopic (exact) mass is 232 g/mol. The van der Waals surface area contributed by atoms with Crippen LogP contribution in [0.1, 0.15) is 19.8 Å². The van der Waals surface area contributed by atoms with Crippen LogP contribution in [0.5, 0.6) is 0 Å². The molecular formula is C10H14Cl2N2. The summed E-state index contributed by atoms with van der Waals surface area (Å²) in [6, 6.07) is 3.99. The minimum Gasteiger partial charge on any atom is -0.366 e. The number of rotatable bonds is 5. The summed E-state index contributed by atoms with van der Waals surface area (Å²) in [6.07, 6.45) is 3.66. The van der Waals surface area contributed by atoms with Crippen molar-refractivity contribution < 1.29 is 0 Å². The number of anilines is 1. The van der Waals surface area contributed by atoms with Crippen molar-refractivity contribution in [2.75, 3.05) is 11.2 Å². The maximum Gasteiger partial charge on any atom is 0.144 e. The van der Waals surface area contributed by atoms with Crippen molar-refractivity contribution in [1.82, 2.24) is 4.98 Å². The minimum atomic E-state index is 0.347. The van der Waals surface area contributed by atoms with E-state index in [4.69, 9.17) is 23.2 Å². The number of aromatic nitrogens is 1. The van der Waals surface area contributed by atoms with Gasteiger partial charge in [0.15, 0.2) is 0 Å². The van der Waals surface area contributed by atoms with Crippen LogP contribution in [0.4, 0.5) is 5.82 Å². The van der Waals surface area contributed by atoms with Crippen LogP contribution in [-0.2, 0) is 0 Å². The maximum absolute atomic E-state index is 5.97. The standard InChI is InChI=1S/C10H14Cl2N2/c1-2-8(5-6-11)14-10-9(12)4-3-7-13-10/h3-4,7-8H,2,5-6H2,1H3,(H,13,14). The molecule has 0 saturated carbocycles. The van der Waals surface area contributed by atoms with Gasteiger partial charge in [0, 0.05) is 18.1 Å².